The lowest BCUT2D eigenvalue weighted by Gasteiger charge is -2.19. The molecule has 0 aliphatic rings. The first kappa shape index (κ1) is 18.4. The Morgan fingerprint density at radius 2 is 1.87 bits per heavy atom. The van der Waals surface area contributed by atoms with E-state index in [4.69, 9.17) is 14.1 Å². The summed E-state index contributed by atoms with van der Waals surface area (Å²) in [6.45, 7) is 0.289. The molecular formula is C24H18N2O3S. The highest BCUT2D eigenvalue weighted by Gasteiger charge is 2.24. The number of aromatic nitrogens is 1. The molecule has 0 radical (unpaired) electrons. The largest absolute Gasteiger partial charge is 0.494 e. The summed E-state index contributed by atoms with van der Waals surface area (Å²) in [4.78, 5) is 20.2. The molecular weight excluding hydrogens is 396 g/mol. The zero-order valence-corrected chi connectivity index (χ0v) is 17.1. The summed E-state index contributed by atoms with van der Waals surface area (Å²) in [6.07, 6.45) is 1.61. The summed E-state index contributed by atoms with van der Waals surface area (Å²) in [5.74, 6) is 1.25. The van der Waals surface area contributed by atoms with E-state index in [0.717, 1.165) is 21.0 Å². The van der Waals surface area contributed by atoms with Gasteiger partial charge in [0.1, 0.15) is 17.0 Å². The first-order chi connectivity index (χ1) is 14.7. The highest BCUT2D eigenvalue weighted by Crippen LogP contribution is 2.35. The molecule has 1 amide bonds. The van der Waals surface area contributed by atoms with Crippen molar-refractivity contribution in [3.63, 3.8) is 0 Å². The second-order valence-corrected chi connectivity index (χ2v) is 7.81. The number of para-hydroxylation sites is 1. The van der Waals surface area contributed by atoms with Crippen LogP contribution in [0.2, 0.25) is 0 Å². The van der Waals surface area contributed by atoms with E-state index in [1.165, 1.54) is 11.3 Å². The average Bonchev–Trinajstić information content (AvgIpc) is 3.46. The van der Waals surface area contributed by atoms with Crippen molar-refractivity contribution in [1.82, 2.24) is 4.98 Å². The fourth-order valence-electron chi connectivity index (χ4n) is 3.53. The maximum absolute atomic E-state index is 13.7. The Kier molecular flexibility index (Phi) is 4.69. The van der Waals surface area contributed by atoms with Crippen molar-refractivity contribution in [3.05, 3.63) is 90.4 Å². The van der Waals surface area contributed by atoms with Gasteiger partial charge in [-0.2, -0.15) is 0 Å². The topological polar surface area (TPSA) is 55.6 Å². The summed E-state index contributed by atoms with van der Waals surface area (Å²) in [5.41, 5.74) is 1.38. The lowest BCUT2D eigenvalue weighted by atomic mass is 10.0. The van der Waals surface area contributed by atoms with Crippen molar-refractivity contribution in [3.8, 4) is 5.75 Å². The number of ether oxygens (including phenoxy) is 1. The number of amides is 1. The van der Waals surface area contributed by atoms with E-state index in [1.807, 2.05) is 72.8 Å². The standard InChI is InChI=1S/C24H18N2O3S/c1-28-20-12-5-13-21-22(20)25-24(30-21)26(15-17-9-6-14-29-17)23(27)19-11-4-8-16-7-2-3-10-18(16)19/h2-14H,15H2,1H3. The lowest BCUT2D eigenvalue weighted by molar-refractivity contribution is 0.0985. The zero-order valence-electron chi connectivity index (χ0n) is 16.2. The smallest absolute Gasteiger partial charge is 0.261 e. The highest BCUT2D eigenvalue weighted by molar-refractivity contribution is 7.22. The number of nitrogens with zero attached hydrogens (tertiary/aromatic N) is 2. The van der Waals surface area contributed by atoms with Gasteiger partial charge in [0, 0.05) is 5.56 Å². The Hall–Kier alpha value is -3.64. The molecule has 5 aromatic rings. The van der Waals surface area contributed by atoms with Crippen LogP contribution in [0.5, 0.6) is 5.75 Å². The van der Waals surface area contributed by atoms with Gasteiger partial charge in [0.2, 0.25) is 0 Å². The molecule has 0 saturated carbocycles. The van der Waals surface area contributed by atoms with Crippen LogP contribution in [0.3, 0.4) is 0 Å². The number of hydrogen-bond acceptors (Lipinski definition) is 5. The third kappa shape index (κ3) is 3.21. The Balaban J connectivity index is 1.64. The Morgan fingerprint density at radius 3 is 2.70 bits per heavy atom. The lowest BCUT2D eigenvalue weighted by Crippen LogP contribution is -2.30. The van der Waals surface area contributed by atoms with Crippen molar-refractivity contribution in [1.29, 1.82) is 0 Å². The average molecular weight is 414 g/mol. The van der Waals surface area contributed by atoms with Crippen LogP contribution in [0.25, 0.3) is 21.0 Å². The van der Waals surface area contributed by atoms with E-state index in [2.05, 4.69) is 0 Å². The second kappa shape index (κ2) is 7.65. The number of carbonyl (C=O) groups excluding carboxylic acids is 1. The molecule has 30 heavy (non-hydrogen) atoms. The van der Waals surface area contributed by atoms with Gasteiger partial charge in [-0.3, -0.25) is 9.69 Å². The van der Waals surface area contributed by atoms with Crippen molar-refractivity contribution in [2.75, 3.05) is 12.0 Å². The van der Waals surface area contributed by atoms with Gasteiger partial charge in [-0.1, -0.05) is 53.8 Å². The molecule has 0 saturated heterocycles. The number of rotatable bonds is 5. The van der Waals surface area contributed by atoms with Crippen LogP contribution >= 0.6 is 11.3 Å². The summed E-state index contributed by atoms with van der Waals surface area (Å²) in [7, 11) is 1.62. The number of carbonyl (C=O) groups is 1. The first-order valence-electron chi connectivity index (χ1n) is 9.50. The minimum Gasteiger partial charge on any atom is -0.494 e. The van der Waals surface area contributed by atoms with E-state index >= 15 is 0 Å². The normalized spacial score (nSPS) is 11.1. The number of furan rings is 1. The van der Waals surface area contributed by atoms with Crippen molar-refractivity contribution in [2.24, 2.45) is 0 Å². The van der Waals surface area contributed by atoms with Crippen LogP contribution in [-0.4, -0.2) is 18.0 Å². The highest BCUT2D eigenvalue weighted by atomic mass is 32.1. The third-order valence-corrected chi connectivity index (χ3v) is 6.02. The number of hydrogen-bond donors (Lipinski definition) is 0. The number of fused-ring (bicyclic) bond motifs is 2. The monoisotopic (exact) mass is 414 g/mol. The first-order valence-corrected chi connectivity index (χ1v) is 10.3. The van der Waals surface area contributed by atoms with Crippen LogP contribution in [0.15, 0.2) is 83.5 Å². The predicted octanol–water partition coefficient (Wildman–Crippen LogP) is 5.90. The van der Waals surface area contributed by atoms with Crippen molar-refractivity contribution < 1.29 is 13.9 Å². The summed E-state index contributed by atoms with van der Waals surface area (Å²) >= 11 is 1.46. The number of anilines is 1. The predicted molar refractivity (Wildman–Crippen MR) is 119 cm³/mol. The van der Waals surface area contributed by atoms with E-state index in [1.54, 1.807) is 18.3 Å². The van der Waals surface area contributed by atoms with Crippen LogP contribution in [0, 0.1) is 0 Å². The molecule has 148 valence electrons. The molecule has 5 rings (SSSR count). The van der Waals surface area contributed by atoms with Crippen molar-refractivity contribution >= 4 is 43.4 Å². The van der Waals surface area contributed by atoms with E-state index < -0.39 is 0 Å². The third-order valence-electron chi connectivity index (χ3n) is 4.98. The van der Waals surface area contributed by atoms with E-state index in [0.29, 0.717) is 22.2 Å². The fourth-order valence-corrected chi connectivity index (χ4v) is 4.51. The number of methoxy groups -OCH3 is 1. The summed E-state index contributed by atoms with van der Waals surface area (Å²) in [5, 5.41) is 2.53. The molecule has 0 aliphatic heterocycles. The van der Waals surface area contributed by atoms with Gasteiger partial charge in [0.05, 0.1) is 24.6 Å². The maximum atomic E-state index is 13.7. The Bertz CT molecular complexity index is 1340. The Morgan fingerprint density at radius 1 is 1.03 bits per heavy atom. The quantitative estimate of drug-likeness (QED) is 0.359. The zero-order chi connectivity index (χ0) is 20.5. The van der Waals surface area contributed by atoms with Gasteiger partial charge in [-0.05, 0) is 41.1 Å². The van der Waals surface area contributed by atoms with Gasteiger partial charge in [0.15, 0.2) is 5.13 Å². The van der Waals surface area contributed by atoms with Crippen LogP contribution in [0.4, 0.5) is 5.13 Å². The molecule has 2 heterocycles. The fraction of sp³-hybridized carbons (Fsp3) is 0.0833. The van der Waals surface area contributed by atoms with Crippen molar-refractivity contribution in [2.45, 2.75) is 6.54 Å². The van der Waals surface area contributed by atoms with Crippen LogP contribution in [0.1, 0.15) is 16.1 Å². The minimum atomic E-state index is -0.124. The molecule has 2 aromatic heterocycles. The van der Waals surface area contributed by atoms with E-state index in [-0.39, 0.29) is 12.5 Å². The summed E-state index contributed by atoms with van der Waals surface area (Å²) in [6, 6.07) is 23.1. The number of thiazole rings is 1. The van der Waals surface area contributed by atoms with Crippen LogP contribution < -0.4 is 9.64 Å². The Labute approximate surface area is 177 Å². The second-order valence-electron chi connectivity index (χ2n) is 6.80. The molecule has 0 atom stereocenters. The molecule has 0 bridgehead atoms. The SMILES string of the molecule is COc1cccc2sc(N(Cc3ccco3)C(=O)c3cccc4ccccc34)nc12. The number of benzene rings is 3. The van der Waals surface area contributed by atoms with E-state index in [9.17, 15) is 4.79 Å². The molecule has 3 aromatic carbocycles. The van der Waals surface area contributed by atoms with Gasteiger partial charge in [-0.25, -0.2) is 4.98 Å². The molecule has 0 fully saturated rings. The minimum absolute atomic E-state index is 0.124. The van der Waals surface area contributed by atoms with Gasteiger partial charge < -0.3 is 9.15 Å². The van der Waals surface area contributed by atoms with Gasteiger partial charge in [0.25, 0.3) is 5.91 Å². The molecule has 0 spiro atoms. The van der Waals surface area contributed by atoms with Gasteiger partial charge >= 0.3 is 0 Å². The molecule has 6 heteroatoms. The summed E-state index contributed by atoms with van der Waals surface area (Å²) < 4.78 is 11.9. The molecule has 5 nitrogen and oxygen atoms in total. The molecule has 0 N–H and O–H groups in total. The van der Waals surface area contributed by atoms with Gasteiger partial charge in [-0.15, -0.1) is 0 Å². The molecule has 0 unspecified atom stereocenters. The maximum Gasteiger partial charge on any atom is 0.261 e. The molecule has 0 aliphatic carbocycles. The van der Waals surface area contributed by atoms with Crippen LogP contribution in [-0.2, 0) is 6.54 Å².